The van der Waals surface area contributed by atoms with E-state index < -0.39 is 17.3 Å². The molecular formula is C20H27F3N2O2. The number of rotatable bonds is 3. The maximum atomic E-state index is 12.9. The van der Waals surface area contributed by atoms with Gasteiger partial charge in [0.25, 0.3) is 0 Å². The SMILES string of the molecule is Cc1nc([C@@H](C)C2CCN(C(=O)C3CC(C)(O)C3)CC2)ccc1C(F)(F)F. The normalized spacial score (nSPS) is 28.0. The summed E-state index contributed by atoms with van der Waals surface area (Å²) in [5, 5.41) is 9.82. The van der Waals surface area contributed by atoms with E-state index in [-0.39, 0.29) is 23.4 Å². The predicted octanol–water partition coefficient (Wildman–Crippen LogP) is 3.91. The van der Waals surface area contributed by atoms with Crippen LogP contribution in [0, 0.1) is 18.8 Å². The van der Waals surface area contributed by atoms with Gasteiger partial charge in [0.1, 0.15) is 0 Å². The minimum atomic E-state index is -4.38. The molecule has 1 aliphatic heterocycles. The first-order valence-corrected chi connectivity index (χ1v) is 9.54. The fourth-order valence-electron chi connectivity index (χ4n) is 4.43. The first-order valence-electron chi connectivity index (χ1n) is 9.54. The van der Waals surface area contributed by atoms with Crippen molar-refractivity contribution < 1.29 is 23.1 Å². The molecule has 2 fully saturated rings. The first-order chi connectivity index (χ1) is 12.5. The molecule has 1 atom stereocenters. The van der Waals surface area contributed by atoms with Gasteiger partial charge in [-0.15, -0.1) is 0 Å². The van der Waals surface area contributed by atoms with E-state index in [4.69, 9.17) is 0 Å². The molecule has 4 nitrogen and oxygen atoms in total. The number of aryl methyl sites for hydroxylation is 1. The number of hydrogen-bond donors (Lipinski definition) is 1. The molecular weight excluding hydrogens is 357 g/mol. The average Bonchev–Trinajstić information content (AvgIpc) is 2.57. The monoisotopic (exact) mass is 384 g/mol. The summed E-state index contributed by atoms with van der Waals surface area (Å²) >= 11 is 0. The summed E-state index contributed by atoms with van der Waals surface area (Å²) < 4.78 is 38.7. The number of amides is 1. The lowest BCUT2D eigenvalue weighted by atomic mass is 9.71. The molecule has 2 aliphatic rings. The Balaban J connectivity index is 1.58. The van der Waals surface area contributed by atoms with Crippen molar-refractivity contribution in [3.8, 4) is 0 Å². The highest BCUT2D eigenvalue weighted by atomic mass is 19.4. The van der Waals surface area contributed by atoms with Crippen LogP contribution >= 0.6 is 0 Å². The molecule has 0 spiro atoms. The Morgan fingerprint density at radius 3 is 2.37 bits per heavy atom. The third-order valence-corrected chi connectivity index (χ3v) is 6.16. The largest absolute Gasteiger partial charge is 0.418 e. The lowest BCUT2D eigenvalue weighted by Gasteiger charge is -2.44. The highest BCUT2D eigenvalue weighted by Gasteiger charge is 2.44. The lowest BCUT2D eigenvalue weighted by Crippen LogP contribution is -2.51. The zero-order chi connectivity index (χ0) is 20.0. The molecule has 1 saturated heterocycles. The van der Waals surface area contributed by atoms with Crippen LogP contribution < -0.4 is 0 Å². The fraction of sp³-hybridized carbons (Fsp3) is 0.700. The van der Waals surface area contributed by atoms with Crippen molar-refractivity contribution in [2.45, 2.75) is 64.1 Å². The second-order valence-corrected chi connectivity index (χ2v) is 8.42. The van der Waals surface area contributed by atoms with E-state index >= 15 is 0 Å². The van der Waals surface area contributed by atoms with Gasteiger partial charge >= 0.3 is 6.18 Å². The second-order valence-electron chi connectivity index (χ2n) is 8.42. The summed E-state index contributed by atoms with van der Waals surface area (Å²) in [5.74, 6) is 0.388. The predicted molar refractivity (Wildman–Crippen MR) is 95.0 cm³/mol. The van der Waals surface area contributed by atoms with Gasteiger partial charge in [-0.2, -0.15) is 13.2 Å². The molecule has 0 aromatic carbocycles. The Labute approximate surface area is 157 Å². The molecule has 1 aromatic heterocycles. The van der Waals surface area contributed by atoms with E-state index in [9.17, 15) is 23.1 Å². The molecule has 1 saturated carbocycles. The smallest absolute Gasteiger partial charge is 0.390 e. The summed E-state index contributed by atoms with van der Waals surface area (Å²) in [4.78, 5) is 18.6. The molecule has 150 valence electrons. The van der Waals surface area contributed by atoms with Crippen LogP contribution in [-0.4, -0.2) is 39.6 Å². The standard InChI is InChI=1S/C20H27F3N2O2/c1-12(17-5-4-16(13(2)24-17)20(21,22)23)14-6-8-25(9-7-14)18(26)15-10-19(3,27)11-15/h4-5,12,14-15,27H,6-11H2,1-3H3/t12-,15?,19?/m0/s1. The van der Waals surface area contributed by atoms with Crippen molar-refractivity contribution in [1.82, 2.24) is 9.88 Å². The Hall–Kier alpha value is -1.63. The fourth-order valence-corrected chi connectivity index (χ4v) is 4.43. The maximum Gasteiger partial charge on any atom is 0.418 e. The van der Waals surface area contributed by atoms with Crippen LogP contribution in [0.1, 0.15) is 62.4 Å². The molecule has 1 aliphatic carbocycles. The summed E-state index contributed by atoms with van der Waals surface area (Å²) in [6.45, 7) is 6.47. The number of aromatic nitrogens is 1. The molecule has 1 amide bonds. The molecule has 27 heavy (non-hydrogen) atoms. The summed E-state index contributed by atoms with van der Waals surface area (Å²) in [5.41, 5.74) is -0.703. The van der Waals surface area contributed by atoms with Crippen LogP contribution in [0.4, 0.5) is 13.2 Å². The molecule has 0 radical (unpaired) electrons. The number of nitrogens with zero attached hydrogens (tertiary/aromatic N) is 2. The lowest BCUT2D eigenvalue weighted by molar-refractivity contribution is -0.151. The number of carbonyl (C=O) groups is 1. The van der Waals surface area contributed by atoms with Crippen molar-refractivity contribution in [3.63, 3.8) is 0 Å². The van der Waals surface area contributed by atoms with Gasteiger partial charge in [0, 0.05) is 36.3 Å². The minimum Gasteiger partial charge on any atom is -0.390 e. The van der Waals surface area contributed by atoms with Gasteiger partial charge in [-0.05, 0) is 57.6 Å². The third kappa shape index (κ3) is 4.28. The Morgan fingerprint density at radius 2 is 1.89 bits per heavy atom. The third-order valence-electron chi connectivity index (χ3n) is 6.16. The van der Waals surface area contributed by atoms with Gasteiger partial charge in [-0.3, -0.25) is 9.78 Å². The number of pyridine rings is 1. The Morgan fingerprint density at radius 1 is 1.30 bits per heavy atom. The van der Waals surface area contributed by atoms with Gasteiger partial charge in [0.2, 0.25) is 5.91 Å². The van der Waals surface area contributed by atoms with Crippen LogP contribution in [0.15, 0.2) is 12.1 Å². The topological polar surface area (TPSA) is 53.4 Å². The van der Waals surface area contributed by atoms with Gasteiger partial charge < -0.3 is 10.0 Å². The maximum absolute atomic E-state index is 12.9. The van der Waals surface area contributed by atoms with Crippen LogP contribution in [-0.2, 0) is 11.0 Å². The van der Waals surface area contributed by atoms with Crippen molar-refractivity contribution >= 4 is 5.91 Å². The number of alkyl halides is 3. The Bertz CT molecular complexity index is 702. The molecule has 0 unspecified atom stereocenters. The van der Waals surface area contributed by atoms with Gasteiger partial charge in [-0.1, -0.05) is 6.92 Å². The number of carbonyl (C=O) groups excluding carboxylic acids is 1. The minimum absolute atomic E-state index is 0.0106. The summed E-state index contributed by atoms with van der Waals surface area (Å²) in [6, 6.07) is 2.60. The molecule has 3 rings (SSSR count). The van der Waals surface area contributed by atoms with E-state index in [2.05, 4.69) is 4.98 Å². The molecule has 1 N–H and O–H groups in total. The van der Waals surface area contributed by atoms with E-state index in [0.29, 0.717) is 37.5 Å². The van der Waals surface area contributed by atoms with Crippen molar-refractivity contribution in [2.75, 3.05) is 13.1 Å². The zero-order valence-corrected chi connectivity index (χ0v) is 16.0. The number of halogens is 3. The zero-order valence-electron chi connectivity index (χ0n) is 16.0. The van der Waals surface area contributed by atoms with Crippen LogP contribution in [0.3, 0.4) is 0 Å². The van der Waals surface area contributed by atoms with Gasteiger partial charge in [0.05, 0.1) is 11.2 Å². The van der Waals surface area contributed by atoms with E-state index in [1.54, 1.807) is 6.92 Å². The van der Waals surface area contributed by atoms with E-state index in [0.717, 1.165) is 18.9 Å². The first kappa shape index (κ1) is 20.1. The van der Waals surface area contributed by atoms with Crippen molar-refractivity contribution in [1.29, 1.82) is 0 Å². The summed E-state index contributed by atoms with van der Waals surface area (Å²) in [7, 11) is 0. The quantitative estimate of drug-likeness (QED) is 0.860. The highest BCUT2D eigenvalue weighted by molar-refractivity contribution is 5.80. The molecule has 1 aromatic rings. The average molecular weight is 384 g/mol. The number of hydrogen-bond acceptors (Lipinski definition) is 3. The number of aliphatic hydroxyl groups is 1. The van der Waals surface area contributed by atoms with E-state index in [1.807, 2.05) is 11.8 Å². The molecule has 7 heteroatoms. The molecule has 2 heterocycles. The molecule has 0 bridgehead atoms. The number of piperidine rings is 1. The van der Waals surface area contributed by atoms with Crippen LogP contribution in [0.5, 0.6) is 0 Å². The second kappa shape index (κ2) is 7.08. The van der Waals surface area contributed by atoms with Crippen LogP contribution in [0.2, 0.25) is 0 Å². The number of likely N-dealkylation sites (tertiary alicyclic amines) is 1. The Kier molecular flexibility index (Phi) is 5.27. The van der Waals surface area contributed by atoms with Gasteiger partial charge in [-0.25, -0.2) is 0 Å². The van der Waals surface area contributed by atoms with E-state index in [1.165, 1.54) is 13.0 Å². The van der Waals surface area contributed by atoms with Crippen molar-refractivity contribution in [2.24, 2.45) is 11.8 Å². The summed E-state index contributed by atoms with van der Waals surface area (Å²) in [6.07, 6.45) is -1.69. The highest BCUT2D eigenvalue weighted by Crippen LogP contribution is 2.40. The van der Waals surface area contributed by atoms with Crippen molar-refractivity contribution in [3.05, 3.63) is 29.1 Å². The van der Waals surface area contributed by atoms with Crippen LogP contribution in [0.25, 0.3) is 0 Å². The van der Waals surface area contributed by atoms with Gasteiger partial charge in [0.15, 0.2) is 0 Å².